The number of hydrogen-bond acceptors (Lipinski definition) is 2. The quantitative estimate of drug-likeness (QED) is 0.618. The topological polar surface area (TPSA) is 30.7 Å². The number of aromatic nitrogens is 3. The SMILES string of the molecule is Cn1c(CBr)nnc1C(C(F)(F)F)C(F)(F)F. The van der Waals surface area contributed by atoms with Gasteiger partial charge in [0.2, 0.25) is 5.92 Å². The van der Waals surface area contributed by atoms with E-state index in [1.807, 2.05) is 0 Å². The molecular weight excluding hydrogens is 320 g/mol. The van der Waals surface area contributed by atoms with Crippen LogP contribution in [0.4, 0.5) is 26.3 Å². The van der Waals surface area contributed by atoms with Crippen molar-refractivity contribution in [2.45, 2.75) is 23.6 Å². The van der Waals surface area contributed by atoms with E-state index >= 15 is 0 Å². The van der Waals surface area contributed by atoms with Gasteiger partial charge in [-0.25, -0.2) is 0 Å². The third-order valence-corrected chi connectivity index (χ3v) is 2.53. The van der Waals surface area contributed by atoms with Crippen LogP contribution in [-0.2, 0) is 12.4 Å². The Labute approximate surface area is 99.9 Å². The molecular formula is C7H6BrF6N3. The molecule has 1 aromatic rings. The minimum atomic E-state index is -5.46. The predicted molar refractivity (Wildman–Crippen MR) is 48.5 cm³/mol. The molecule has 0 N–H and O–H groups in total. The molecule has 0 saturated heterocycles. The van der Waals surface area contributed by atoms with E-state index in [-0.39, 0.29) is 11.2 Å². The highest BCUT2D eigenvalue weighted by molar-refractivity contribution is 9.08. The summed E-state index contributed by atoms with van der Waals surface area (Å²) in [5, 5.41) is 6.22. The summed E-state index contributed by atoms with van der Waals surface area (Å²) >= 11 is 2.89. The summed E-state index contributed by atoms with van der Waals surface area (Å²) in [5.74, 6) is -4.81. The Balaban J connectivity index is 3.29. The zero-order valence-electron chi connectivity index (χ0n) is 8.27. The summed E-state index contributed by atoms with van der Waals surface area (Å²) in [6, 6.07) is 0. The van der Waals surface area contributed by atoms with Crippen LogP contribution in [0.3, 0.4) is 0 Å². The second-order valence-electron chi connectivity index (χ2n) is 3.18. The first-order chi connectivity index (χ1) is 7.59. The molecule has 0 radical (unpaired) electrons. The van der Waals surface area contributed by atoms with Crippen molar-refractivity contribution >= 4 is 15.9 Å². The molecule has 0 aliphatic heterocycles. The van der Waals surface area contributed by atoms with Crippen LogP contribution in [0.1, 0.15) is 17.6 Å². The van der Waals surface area contributed by atoms with Gasteiger partial charge >= 0.3 is 12.4 Å². The lowest BCUT2D eigenvalue weighted by atomic mass is 10.1. The van der Waals surface area contributed by atoms with Crippen molar-refractivity contribution in [3.8, 4) is 0 Å². The van der Waals surface area contributed by atoms with Gasteiger partial charge < -0.3 is 4.57 Å². The van der Waals surface area contributed by atoms with Gasteiger partial charge in [0, 0.05) is 7.05 Å². The van der Waals surface area contributed by atoms with Crippen LogP contribution in [0.2, 0.25) is 0 Å². The number of alkyl halides is 7. The molecule has 0 bridgehead atoms. The molecule has 0 saturated carbocycles. The van der Waals surface area contributed by atoms with E-state index in [2.05, 4.69) is 26.1 Å². The first-order valence-corrected chi connectivity index (χ1v) is 5.28. The molecule has 0 aliphatic carbocycles. The zero-order valence-corrected chi connectivity index (χ0v) is 9.86. The Hall–Kier alpha value is -0.800. The van der Waals surface area contributed by atoms with E-state index in [4.69, 9.17) is 0 Å². The van der Waals surface area contributed by atoms with Gasteiger partial charge in [0.05, 0.1) is 5.33 Å². The van der Waals surface area contributed by atoms with Gasteiger partial charge in [-0.3, -0.25) is 0 Å². The van der Waals surface area contributed by atoms with Crippen molar-refractivity contribution in [3.05, 3.63) is 11.6 Å². The lowest BCUT2D eigenvalue weighted by Gasteiger charge is -2.21. The molecule has 0 fully saturated rings. The molecule has 1 rings (SSSR count). The Morgan fingerprint density at radius 2 is 1.59 bits per heavy atom. The van der Waals surface area contributed by atoms with Gasteiger partial charge in [0.25, 0.3) is 0 Å². The van der Waals surface area contributed by atoms with E-state index in [9.17, 15) is 26.3 Å². The molecule has 0 atom stereocenters. The van der Waals surface area contributed by atoms with Crippen LogP contribution in [0, 0.1) is 0 Å². The first kappa shape index (κ1) is 14.3. The Kier molecular flexibility index (Phi) is 3.75. The van der Waals surface area contributed by atoms with Crippen molar-refractivity contribution in [3.63, 3.8) is 0 Å². The average molecular weight is 326 g/mol. The Morgan fingerprint density at radius 3 is 1.88 bits per heavy atom. The van der Waals surface area contributed by atoms with Gasteiger partial charge in [-0.05, 0) is 0 Å². The number of hydrogen-bond donors (Lipinski definition) is 0. The molecule has 0 aromatic carbocycles. The van der Waals surface area contributed by atoms with Gasteiger partial charge in [-0.2, -0.15) is 26.3 Å². The monoisotopic (exact) mass is 325 g/mol. The van der Waals surface area contributed by atoms with Crippen molar-refractivity contribution in [2.75, 3.05) is 0 Å². The third-order valence-electron chi connectivity index (χ3n) is 2.03. The van der Waals surface area contributed by atoms with Gasteiger partial charge in [-0.15, -0.1) is 10.2 Å². The van der Waals surface area contributed by atoms with E-state index in [1.54, 1.807) is 0 Å². The minimum absolute atomic E-state index is 0.0128. The zero-order chi connectivity index (χ0) is 13.4. The number of halogens is 7. The largest absolute Gasteiger partial charge is 0.407 e. The lowest BCUT2D eigenvalue weighted by Crippen LogP contribution is -2.36. The van der Waals surface area contributed by atoms with Crippen LogP contribution >= 0.6 is 15.9 Å². The standard InChI is InChI=1S/C7H6BrF6N3/c1-17-3(2-8)15-16-5(17)4(6(9,10)11)7(12,13)14/h4H,2H2,1H3. The van der Waals surface area contributed by atoms with E-state index in [0.29, 0.717) is 4.57 Å². The van der Waals surface area contributed by atoms with E-state index in [1.165, 1.54) is 0 Å². The maximum Gasteiger partial charge on any atom is 0.407 e. The smallest absolute Gasteiger partial charge is 0.317 e. The molecule has 0 unspecified atom stereocenters. The van der Waals surface area contributed by atoms with Crippen molar-refractivity contribution in [1.82, 2.24) is 14.8 Å². The second-order valence-corrected chi connectivity index (χ2v) is 3.74. The normalized spacial score (nSPS) is 13.5. The summed E-state index contributed by atoms with van der Waals surface area (Å²) in [4.78, 5) is 0. The van der Waals surface area contributed by atoms with Gasteiger partial charge in [0.15, 0.2) is 5.82 Å². The molecule has 0 amide bonds. The van der Waals surface area contributed by atoms with Crippen LogP contribution in [0.15, 0.2) is 0 Å². The minimum Gasteiger partial charge on any atom is -0.317 e. The highest BCUT2D eigenvalue weighted by atomic mass is 79.9. The maximum atomic E-state index is 12.4. The molecule has 17 heavy (non-hydrogen) atoms. The molecule has 1 aromatic heterocycles. The summed E-state index contributed by atoms with van der Waals surface area (Å²) in [5.41, 5.74) is 0. The highest BCUT2D eigenvalue weighted by Gasteiger charge is 2.60. The van der Waals surface area contributed by atoms with Gasteiger partial charge in [-0.1, -0.05) is 15.9 Å². The molecule has 3 nitrogen and oxygen atoms in total. The fourth-order valence-electron chi connectivity index (χ4n) is 1.22. The fraction of sp³-hybridized carbons (Fsp3) is 0.714. The lowest BCUT2D eigenvalue weighted by molar-refractivity contribution is -0.256. The predicted octanol–water partition coefficient (Wildman–Crippen LogP) is 2.92. The molecule has 10 heteroatoms. The van der Waals surface area contributed by atoms with Crippen LogP contribution < -0.4 is 0 Å². The molecule has 98 valence electrons. The maximum absolute atomic E-state index is 12.4. The van der Waals surface area contributed by atoms with E-state index in [0.717, 1.165) is 7.05 Å². The third kappa shape index (κ3) is 2.90. The van der Waals surface area contributed by atoms with Crippen molar-refractivity contribution < 1.29 is 26.3 Å². The number of rotatable bonds is 2. The van der Waals surface area contributed by atoms with Crippen molar-refractivity contribution in [1.29, 1.82) is 0 Å². The van der Waals surface area contributed by atoms with Crippen LogP contribution in [-0.4, -0.2) is 27.1 Å². The molecule has 0 spiro atoms. The first-order valence-electron chi connectivity index (χ1n) is 4.16. The highest BCUT2D eigenvalue weighted by Crippen LogP contribution is 2.45. The fourth-order valence-corrected chi connectivity index (χ4v) is 1.71. The summed E-state index contributed by atoms with van der Waals surface area (Å²) in [6.07, 6.45) is -10.9. The van der Waals surface area contributed by atoms with Crippen molar-refractivity contribution in [2.24, 2.45) is 7.05 Å². The summed E-state index contributed by atoms with van der Waals surface area (Å²) in [6.45, 7) is 0. The molecule has 1 heterocycles. The Bertz CT molecular complexity index is 381. The van der Waals surface area contributed by atoms with Gasteiger partial charge in [0.1, 0.15) is 5.82 Å². The summed E-state index contributed by atoms with van der Waals surface area (Å²) < 4.78 is 75.0. The summed E-state index contributed by atoms with van der Waals surface area (Å²) in [7, 11) is 1.05. The second kappa shape index (κ2) is 4.46. The Morgan fingerprint density at radius 1 is 1.12 bits per heavy atom. The number of nitrogens with zero attached hydrogens (tertiary/aromatic N) is 3. The molecule has 0 aliphatic rings. The van der Waals surface area contributed by atoms with Crippen LogP contribution in [0.25, 0.3) is 0 Å². The van der Waals surface area contributed by atoms with E-state index < -0.39 is 24.1 Å². The average Bonchev–Trinajstić information content (AvgIpc) is 2.43. The van der Waals surface area contributed by atoms with Crippen LogP contribution in [0.5, 0.6) is 0 Å².